The normalized spacial score (nSPS) is 16.2. The highest BCUT2D eigenvalue weighted by Crippen LogP contribution is 2.19. The lowest BCUT2D eigenvalue weighted by Gasteiger charge is -2.34. The zero-order chi connectivity index (χ0) is 18.2. The van der Waals surface area contributed by atoms with E-state index in [2.05, 4.69) is 0 Å². The molecule has 0 N–H and O–H groups in total. The number of sulfonamides is 1. The van der Waals surface area contributed by atoms with Gasteiger partial charge in [-0.15, -0.1) is 0 Å². The highest BCUT2D eigenvalue weighted by Gasteiger charge is 2.31. The Hall–Kier alpha value is -2.19. The first kappa shape index (κ1) is 17.6. The maximum absolute atomic E-state index is 13.3. The monoisotopic (exact) mass is 365 g/mol. The van der Waals surface area contributed by atoms with Gasteiger partial charge in [0.25, 0.3) is 5.91 Å². The van der Waals surface area contributed by atoms with E-state index in [-0.39, 0.29) is 23.9 Å². The molecule has 1 saturated heterocycles. The van der Waals surface area contributed by atoms with E-state index >= 15 is 0 Å². The van der Waals surface area contributed by atoms with Gasteiger partial charge in [-0.3, -0.25) is 4.79 Å². The van der Waals surface area contributed by atoms with Gasteiger partial charge in [0.1, 0.15) is 11.5 Å². The average molecular weight is 365 g/mol. The van der Waals surface area contributed by atoms with E-state index < -0.39 is 15.8 Å². The second-order valence-corrected chi connectivity index (χ2v) is 8.01. The predicted octanol–water partition coefficient (Wildman–Crippen LogP) is 1.62. The van der Waals surface area contributed by atoms with Crippen LogP contribution in [0.4, 0.5) is 4.39 Å². The van der Waals surface area contributed by atoms with Crippen molar-refractivity contribution in [2.45, 2.75) is 11.8 Å². The first-order valence-electron chi connectivity index (χ1n) is 7.98. The topological polar surface area (TPSA) is 62.6 Å². The fourth-order valence-corrected chi connectivity index (χ4v) is 4.35. The minimum Gasteiger partial charge on any atom is -0.344 e. The number of amides is 1. The summed E-state index contributed by atoms with van der Waals surface area (Å²) < 4.78 is 41.6. The van der Waals surface area contributed by atoms with E-state index in [9.17, 15) is 17.6 Å². The van der Waals surface area contributed by atoms with E-state index in [1.165, 1.54) is 22.5 Å². The molecule has 0 bridgehead atoms. The molecular formula is C17H20FN3O3S. The summed E-state index contributed by atoms with van der Waals surface area (Å²) in [6, 6.07) is 8.62. The molecule has 3 rings (SSSR count). The lowest BCUT2D eigenvalue weighted by atomic mass is 10.3. The van der Waals surface area contributed by atoms with Crippen molar-refractivity contribution in [1.29, 1.82) is 0 Å². The SMILES string of the molecule is Cc1ccc(C(=O)N2CCN(S(=O)(=O)c3cccc(F)c3)CC2)n1C. The minimum atomic E-state index is -3.75. The lowest BCUT2D eigenvalue weighted by molar-refractivity contribution is 0.0688. The van der Waals surface area contributed by atoms with Gasteiger partial charge in [-0.05, 0) is 37.3 Å². The fraction of sp³-hybridized carbons (Fsp3) is 0.353. The molecule has 6 nitrogen and oxygen atoms in total. The van der Waals surface area contributed by atoms with Crippen LogP contribution < -0.4 is 0 Å². The summed E-state index contributed by atoms with van der Waals surface area (Å²) in [6.45, 7) is 2.90. The number of halogens is 1. The van der Waals surface area contributed by atoms with Gasteiger partial charge in [0.05, 0.1) is 4.90 Å². The third kappa shape index (κ3) is 3.32. The maximum Gasteiger partial charge on any atom is 0.270 e. The molecule has 1 amide bonds. The summed E-state index contributed by atoms with van der Waals surface area (Å²) in [5.74, 6) is -0.702. The molecule has 1 aliphatic rings. The number of benzene rings is 1. The van der Waals surface area contributed by atoms with Gasteiger partial charge in [-0.1, -0.05) is 6.07 Å². The maximum atomic E-state index is 13.3. The fourth-order valence-electron chi connectivity index (χ4n) is 2.90. The zero-order valence-electron chi connectivity index (χ0n) is 14.1. The number of carbonyl (C=O) groups is 1. The van der Waals surface area contributed by atoms with Gasteiger partial charge in [-0.25, -0.2) is 12.8 Å². The number of piperazine rings is 1. The van der Waals surface area contributed by atoms with Crippen molar-refractivity contribution in [3.63, 3.8) is 0 Å². The molecule has 1 aromatic carbocycles. The Morgan fingerprint density at radius 1 is 1.08 bits per heavy atom. The van der Waals surface area contributed by atoms with Gasteiger partial charge in [-0.2, -0.15) is 4.31 Å². The van der Waals surface area contributed by atoms with Crippen LogP contribution in [0.5, 0.6) is 0 Å². The Morgan fingerprint density at radius 2 is 1.76 bits per heavy atom. The molecule has 2 aromatic rings. The Labute approximate surface area is 146 Å². The summed E-state index contributed by atoms with van der Waals surface area (Å²) in [7, 11) is -1.93. The minimum absolute atomic E-state index is 0.0645. The predicted molar refractivity (Wildman–Crippen MR) is 91.2 cm³/mol. The van der Waals surface area contributed by atoms with Crippen LogP contribution in [0.2, 0.25) is 0 Å². The molecule has 0 unspecified atom stereocenters. The molecule has 0 spiro atoms. The third-order valence-electron chi connectivity index (χ3n) is 4.55. The van der Waals surface area contributed by atoms with Gasteiger partial charge in [0.2, 0.25) is 10.0 Å². The highest BCUT2D eigenvalue weighted by atomic mass is 32.2. The first-order chi connectivity index (χ1) is 11.8. The van der Waals surface area contributed by atoms with Crippen molar-refractivity contribution in [2.24, 2.45) is 7.05 Å². The molecule has 25 heavy (non-hydrogen) atoms. The standard InChI is InChI=1S/C17H20FN3O3S/c1-13-6-7-16(19(13)2)17(22)20-8-10-21(11-9-20)25(23,24)15-5-3-4-14(18)12-15/h3-7,12H,8-11H2,1-2H3. The van der Waals surface area contributed by atoms with Crippen LogP contribution in [0.25, 0.3) is 0 Å². The molecule has 0 saturated carbocycles. The molecule has 2 heterocycles. The largest absolute Gasteiger partial charge is 0.344 e. The van der Waals surface area contributed by atoms with Crippen molar-refractivity contribution in [2.75, 3.05) is 26.2 Å². The van der Waals surface area contributed by atoms with E-state index in [4.69, 9.17) is 0 Å². The summed E-state index contributed by atoms with van der Waals surface area (Å²) in [5, 5.41) is 0. The second kappa shape index (κ2) is 6.61. The molecule has 1 fully saturated rings. The smallest absolute Gasteiger partial charge is 0.270 e. The number of rotatable bonds is 3. The van der Waals surface area contributed by atoms with Crippen LogP contribution in [-0.2, 0) is 17.1 Å². The van der Waals surface area contributed by atoms with Gasteiger partial charge >= 0.3 is 0 Å². The van der Waals surface area contributed by atoms with Crippen LogP contribution in [0.15, 0.2) is 41.3 Å². The number of aryl methyl sites for hydroxylation is 1. The van der Waals surface area contributed by atoms with Crippen molar-refractivity contribution in [3.8, 4) is 0 Å². The lowest BCUT2D eigenvalue weighted by Crippen LogP contribution is -2.50. The molecule has 134 valence electrons. The van der Waals surface area contributed by atoms with E-state index in [1.807, 2.05) is 24.6 Å². The quantitative estimate of drug-likeness (QED) is 0.830. The molecule has 0 aliphatic carbocycles. The van der Waals surface area contributed by atoms with Crippen molar-refractivity contribution in [1.82, 2.24) is 13.8 Å². The first-order valence-corrected chi connectivity index (χ1v) is 9.42. The Kier molecular flexibility index (Phi) is 4.66. The average Bonchev–Trinajstić information content (AvgIpc) is 2.93. The summed E-state index contributed by atoms with van der Waals surface area (Å²) in [4.78, 5) is 14.2. The van der Waals surface area contributed by atoms with Gasteiger partial charge in [0.15, 0.2) is 0 Å². The summed E-state index contributed by atoms with van der Waals surface area (Å²) >= 11 is 0. The van der Waals surface area contributed by atoms with Crippen LogP contribution in [-0.4, -0.2) is 54.3 Å². The molecule has 1 aromatic heterocycles. The van der Waals surface area contributed by atoms with Gasteiger partial charge < -0.3 is 9.47 Å². The number of aromatic nitrogens is 1. The van der Waals surface area contributed by atoms with Crippen molar-refractivity contribution in [3.05, 3.63) is 53.6 Å². The number of carbonyl (C=O) groups excluding carboxylic acids is 1. The summed E-state index contributed by atoms with van der Waals surface area (Å²) in [5.41, 5.74) is 1.56. The third-order valence-corrected chi connectivity index (χ3v) is 6.45. The molecule has 0 radical (unpaired) electrons. The van der Waals surface area contributed by atoms with Crippen LogP contribution in [0.1, 0.15) is 16.2 Å². The summed E-state index contributed by atoms with van der Waals surface area (Å²) in [6.07, 6.45) is 0. The highest BCUT2D eigenvalue weighted by molar-refractivity contribution is 7.89. The number of hydrogen-bond acceptors (Lipinski definition) is 3. The van der Waals surface area contributed by atoms with Gasteiger partial charge in [0, 0.05) is 38.9 Å². The Morgan fingerprint density at radius 3 is 2.32 bits per heavy atom. The van der Waals surface area contributed by atoms with E-state index in [0.29, 0.717) is 18.8 Å². The van der Waals surface area contributed by atoms with E-state index in [1.54, 1.807) is 11.0 Å². The van der Waals surface area contributed by atoms with Crippen molar-refractivity contribution < 1.29 is 17.6 Å². The van der Waals surface area contributed by atoms with E-state index in [0.717, 1.165) is 11.8 Å². The zero-order valence-corrected chi connectivity index (χ0v) is 15.0. The number of hydrogen-bond donors (Lipinski definition) is 0. The Bertz CT molecular complexity index is 900. The second-order valence-electron chi connectivity index (χ2n) is 6.07. The van der Waals surface area contributed by atoms with Crippen LogP contribution >= 0.6 is 0 Å². The molecule has 8 heteroatoms. The van der Waals surface area contributed by atoms with Crippen LogP contribution in [0, 0.1) is 12.7 Å². The molecule has 1 aliphatic heterocycles. The van der Waals surface area contributed by atoms with Crippen LogP contribution in [0.3, 0.4) is 0 Å². The molecule has 0 atom stereocenters. The number of nitrogens with zero attached hydrogens (tertiary/aromatic N) is 3. The Balaban J connectivity index is 1.71. The van der Waals surface area contributed by atoms with Crippen molar-refractivity contribution >= 4 is 15.9 Å². The molecular weight excluding hydrogens is 345 g/mol.